The Labute approximate surface area is 229 Å². The third kappa shape index (κ3) is 6.36. The zero-order chi connectivity index (χ0) is 27.7. The van der Waals surface area contributed by atoms with Crippen LogP contribution in [0.2, 0.25) is 0 Å². The van der Waals surface area contributed by atoms with E-state index in [-0.39, 0.29) is 25.8 Å². The van der Waals surface area contributed by atoms with Crippen molar-refractivity contribution in [3.05, 3.63) is 120 Å². The number of carbonyl (C=O) groups is 1. The standard InChI is InChI=1S/C30H34N3O5P/c1-4-36-39(35,5-2)37-22-21-28(38-24(3)34)29-31-23-33(32-29)30(25-15-9-6-10-16-25,26-17-11-7-12-18-26)27-19-13-8-14-20-27/h6-20,23,28H,4-5,21-22H2,1-3H3. The molecule has 0 bridgehead atoms. The molecule has 0 radical (unpaired) electrons. The maximum absolute atomic E-state index is 12.7. The molecule has 3 aromatic carbocycles. The SMILES string of the molecule is CCOP(=O)(CC)OCCC(OC(C)=O)c1ncn(C(c2ccccc2)(c2ccccc2)c2ccccc2)n1. The molecule has 39 heavy (non-hydrogen) atoms. The van der Waals surface area contributed by atoms with Crippen molar-refractivity contribution in [2.75, 3.05) is 19.4 Å². The number of aromatic nitrogens is 3. The highest BCUT2D eigenvalue weighted by Crippen LogP contribution is 2.48. The number of nitrogens with zero attached hydrogens (tertiary/aromatic N) is 3. The van der Waals surface area contributed by atoms with Crippen molar-refractivity contribution in [2.24, 2.45) is 0 Å². The largest absolute Gasteiger partial charge is 0.454 e. The molecule has 1 aromatic heterocycles. The summed E-state index contributed by atoms with van der Waals surface area (Å²) in [6.07, 6.45) is 1.34. The molecule has 0 aliphatic heterocycles. The van der Waals surface area contributed by atoms with Crippen molar-refractivity contribution < 1.29 is 23.1 Å². The third-order valence-corrected chi connectivity index (χ3v) is 8.41. The van der Waals surface area contributed by atoms with Crippen LogP contribution in [0.3, 0.4) is 0 Å². The summed E-state index contributed by atoms with van der Waals surface area (Å²) in [6.45, 7) is 5.19. The van der Waals surface area contributed by atoms with Gasteiger partial charge < -0.3 is 13.8 Å². The van der Waals surface area contributed by atoms with Crippen molar-refractivity contribution in [1.82, 2.24) is 14.8 Å². The van der Waals surface area contributed by atoms with Gasteiger partial charge in [0.2, 0.25) is 0 Å². The fourth-order valence-corrected chi connectivity index (χ4v) is 5.89. The lowest BCUT2D eigenvalue weighted by molar-refractivity contribution is -0.147. The molecule has 0 N–H and O–H groups in total. The van der Waals surface area contributed by atoms with Gasteiger partial charge in [0, 0.05) is 19.5 Å². The van der Waals surface area contributed by atoms with Crippen LogP contribution in [0.5, 0.6) is 0 Å². The van der Waals surface area contributed by atoms with Crippen LogP contribution in [0.1, 0.15) is 55.8 Å². The van der Waals surface area contributed by atoms with Crippen LogP contribution in [0, 0.1) is 0 Å². The van der Waals surface area contributed by atoms with Crippen LogP contribution >= 0.6 is 7.60 Å². The second-order valence-electron chi connectivity index (χ2n) is 8.92. The molecule has 4 aromatic rings. The van der Waals surface area contributed by atoms with Crippen molar-refractivity contribution >= 4 is 13.6 Å². The summed E-state index contributed by atoms with van der Waals surface area (Å²) in [5.74, 6) is -0.149. The van der Waals surface area contributed by atoms with E-state index < -0.39 is 25.2 Å². The van der Waals surface area contributed by atoms with Gasteiger partial charge in [0.15, 0.2) is 11.9 Å². The molecule has 0 saturated heterocycles. The van der Waals surface area contributed by atoms with Gasteiger partial charge in [0.1, 0.15) is 11.9 Å². The van der Waals surface area contributed by atoms with Crippen molar-refractivity contribution in [3.8, 4) is 0 Å². The van der Waals surface area contributed by atoms with E-state index in [9.17, 15) is 9.36 Å². The molecule has 0 saturated carbocycles. The van der Waals surface area contributed by atoms with E-state index in [2.05, 4.69) is 41.4 Å². The molecule has 204 valence electrons. The lowest BCUT2D eigenvalue weighted by Crippen LogP contribution is -2.38. The number of hydrogen-bond acceptors (Lipinski definition) is 7. The zero-order valence-corrected chi connectivity index (χ0v) is 23.4. The van der Waals surface area contributed by atoms with Crippen LogP contribution in [-0.4, -0.2) is 40.1 Å². The van der Waals surface area contributed by atoms with E-state index in [0.29, 0.717) is 5.82 Å². The molecule has 0 spiro atoms. The second-order valence-corrected chi connectivity index (χ2v) is 11.3. The Hall–Kier alpha value is -3.58. The van der Waals surface area contributed by atoms with Gasteiger partial charge in [-0.2, -0.15) is 5.10 Å². The summed E-state index contributed by atoms with van der Waals surface area (Å²) in [7, 11) is -3.21. The highest BCUT2D eigenvalue weighted by atomic mass is 31.2. The van der Waals surface area contributed by atoms with Gasteiger partial charge in [-0.25, -0.2) is 9.67 Å². The number of carbonyl (C=O) groups excluding carboxylic acids is 1. The summed E-state index contributed by atoms with van der Waals surface area (Å²) in [6, 6.07) is 30.3. The first-order valence-electron chi connectivity index (χ1n) is 13.1. The van der Waals surface area contributed by atoms with Crippen LogP contribution in [0.25, 0.3) is 0 Å². The van der Waals surface area contributed by atoms with E-state index in [1.807, 2.05) is 59.3 Å². The van der Waals surface area contributed by atoms with E-state index in [0.717, 1.165) is 16.7 Å². The van der Waals surface area contributed by atoms with E-state index >= 15 is 0 Å². The molecule has 0 aliphatic rings. The van der Waals surface area contributed by atoms with Crippen LogP contribution in [0.15, 0.2) is 97.3 Å². The smallest absolute Gasteiger partial charge is 0.330 e. The topological polar surface area (TPSA) is 92.5 Å². The molecule has 9 heteroatoms. The number of esters is 1. The summed E-state index contributed by atoms with van der Waals surface area (Å²) in [5.41, 5.74) is 2.13. The summed E-state index contributed by atoms with van der Waals surface area (Å²) in [5, 5.41) is 4.91. The quantitative estimate of drug-likeness (QED) is 0.109. The molecule has 8 nitrogen and oxygen atoms in total. The third-order valence-electron chi connectivity index (χ3n) is 6.41. The Morgan fingerprint density at radius 3 is 1.82 bits per heavy atom. The number of rotatable bonds is 13. The molecular weight excluding hydrogens is 513 g/mol. The zero-order valence-electron chi connectivity index (χ0n) is 22.5. The van der Waals surface area contributed by atoms with E-state index in [4.69, 9.17) is 18.9 Å². The highest BCUT2D eigenvalue weighted by Gasteiger charge is 2.40. The molecule has 4 rings (SSSR count). The van der Waals surface area contributed by atoms with Gasteiger partial charge in [0.25, 0.3) is 0 Å². The van der Waals surface area contributed by atoms with Gasteiger partial charge in [-0.3, -0.25) is 9.36 Å². The molecule has 1 heterocycles. The number of ether oxygens (including phenoxy) is 1. The predicted molar refractivity (Wildman–Crippen MR) is 149 cm³/mol. The van der Waals surface area contributed by atoms with E-state index in [1.165, 1.54) is 6.92 Å². The minimum absolute atomic E-state index is 0.0544. The van der Waals surface area contributed by atoms with Crippen LogP contribution in [0.4, 0.5) is 0 Å². The minimum Gasteiger partial charge on any atom is -0.454 e. The fraction of sp³-hybridized carbons (Fsp3) is 0.300. The summed E-state index contributed by atoms with van der Waals surface area (Å²) in [4.78, 5) is 16.6. The summed E-state index contributed by atoms with van der Waals surface area (Å²) >= 11 is 0. The Kier molecular flexibility index (Phi) is 9.46. The Balaban J connectivity index is 1.79. The van der Waals surface area contributed by atoms with Crippen molar-refractivity contribution in [1.29, 1.82) is 0 Å². The Morgan fingerprint density at radius 1 is 0.872 bits per heavy atom. The molecular formula is C30H34N3O5P. The average molecular weight is 548 g/mol. The van der Waals surface area contributed by atoms with Gasteiger partial charge in [-0.05, 0) is 23.6 Å². The monoisotopic (exact) mass is 547 g/mol. The fourth-order valence-electron chi connectivity index (χ4n) is 4.68. The maximum Gasteiger partial charge on any atom is 0.330 e. The molecule has 2 unspecified atom stereocenters. The van der Waals surface area contributed by atoms with Crippen molar-refractivity contribution in [2.45, 2.75) is 38.8 Å². The first kappa shape index (κ1) is 28.4. The number of hydrogen-bond donors (Lipinski definition) is 0. The van der Waals surface area contributed by atoms with Gasteiger partial charge in [0.05, 0.1) is 13.2 Å². The lowest BCUT2D eigenvalue weighted by Gasteiger charge is -2.35. The Morgan fingerprint density at radius 2 is 1.38 bits per heavy atom. The normalized spacial score (nSPS) is 13.9. The van der Waals surface area contributed by atoms with E-state index in [1.54, 1.807) is 20.2 Å². The first-order valence-corrected chi connectivity index (χ1v) is 14.8. The lowest BCUT2D eigenvalue weighted by atomic mass is 9.77. The van der Waals surface area contributed by atoms with Crippen LogP contribution in [-0.2, 0) is 28.7 Å². The van der Waals surface area contributed by atoms with Crippen molar-refractivity contribution in [3.63, 3.8) is 0 Å². The highest BCUT2D eigenvalue weighted by molar-refractivity contribution is 7.53. The second kappa shape index (κ2) is 13.0. The van der Waals surface area contributed by atoms with Crippen LogP contribution < -0.4 is 0 Å². The minimum atomic E-state index is -3.21. The average Bonchev–Trinajstić information content (AvgIpc) is 3.45. The Bertz CT molecular complexity index is 1280. The van der Waals surface area contributed by atoms with Gasteiger partial charge in [-0.15, -0.1) is 0 Å². The van der Waals surface area contributed by atoms with Gasteiger partial charge in [-0.1, -0.05) is 97.9 Å². The van der Waals surface area contributed by atoms with Gasteiger partial charge >= 0.3 is 13.6 Å². The molecule has 2 atom stereocenters. The first-order chi connectivity index (χ1) is 18.9. The maximum atomic E-state index is 12.7. The molecule has 0 aliphatic carbocycles. The summed E-state index contributed by atoms with van der Waals surface area (Å²) < 4.78 is 31.1. The molecule has 0 amide bonds. The number of benzene rings is 3. The molecule has 0 fully saturated rings. The predicted octanol–water partition coefficient (Wildman–Crippen LogP) is 6.38.